The van der Waals surface area contributed by atoms with Gasteiger partial charge < -0.3 is 5.11 Å². The summed E-state index contributed by atoms with van der Waals surface area (Å²) in [5.41, 5.74) is 0.255. The van der Waals surface area contributed by atoms with Crippen LogP contribution >= 0.6 is 22.9 Å². The van der Waals surface area contributed by atoms with E-state index in [1.54, 1.807) is 5.38 Å². The lowest BCUT2D eigenvalue weighted by Crippen LogP contribution is -1.91. The van der Waals surface area contributed by atoms with Crippen LogP contribution in [0.4, 0.5) is 5.69 Å². The van der Waals surface area contributed by atoms with E-state index >= 15 is 0 Å². The van der Waals surface area contributed by atoms with Gasteiger partial charge in [-0.2, -0.15) is 0 Å². The lowest BCUT2D eigenvalue weighted by molar-refractivity contribution is -0.384. The molecule has 0 unspecified atom stereocenters. The molecule has 7 heteroatoms. The smallest absolute Gasteiger partial charge is 0.270 e. The molecule has 5 nitrogen and oxygen atoms in total. The summed E-state index contributed by atoms with van der Waals surface area (Å²) in [4.78, 5) is 22.2. The third-order valence-electron chi connectivity index (χ3n) is 2.47. The number of nitrogens with zero attached hydrogens (tertiary/aromatic N) is 1. The van der Waals surface area contributed by atoms with Crippen molar-refractivity contribution in [2.24, 2.45) is 0 Å². The molecule has 2 rings (SSSR count). The van der Waals surface area contributed by atoms with E-state index in [2.05, 4.69) is 0 Å². The van der Waals surface area contributed by atoms with Gasteiger partial charge in [-0.15, -0.1) is 11.3 Å². The molecule has 0 bridgehead atoms. The topological polar surface area (TPSA) is 80.4 Å². The maximum Gasteiger partial charge on any atom is 0.270 e. The molecule has 2 aromatic rings. The van der Waals surface area contributed by atoms with Crippen molar-refractivity contribution in [3.63, 3.8) is 0 Å². The molecular weight excluding hydrogens is 302 g/mol. The SMILES string of the molecule is O=C(C=Cc1cc([N+](=O)[O-])ccc1Cl)c1sccc1O. The molecule has 0 aliphatic rings. The van der Waals surface area contributed by atoms with Crippen molar-refractivity contribution in [3.8, 4) is 5.75 Å². The van der Waals surface area contributed by atoms with Gasteiger partial charge in [0, 0.05) is 17.2 Å². The minimum atomic E-state index is -0.541. The van der Waals surface area contributed by atoms with Crippen molar-refractivity contribution < 1.29 is 14.8 Å². The predicted octanol–water partition coefficient (Wildman–Crippen LogP) is 3.91. The lowest BCUT2D eigenvalue weighted by atomic mass is 10.1. The van der Waals surface area contributed by atoms with Crippen LogP contribution in [-0.2, 0) is 0 Å². The van der Waals surface area contributed by atoms with Gasteiger partial charge in [-0.3, -0.25) is 14.9 Å². The summed E-state index contributed by atoms with van der Waals surface area (Å²) in [6, 6.07) is 5.38. The Morgan fingerprint density at radius 1 is 1.40 bits per heavy atom. The van der Waals surface area contributed by atoms with Crippen molar-refractivity contribution in [1.82, 2.24) is 0 Å². The number of allylic oxidation sites excluding steroid dienone is 1. The van der Waals surface area contributed by atoms with Crippen molar-refractivity contribution in [2.45, 2.75) is 0 Å². The fourth-order valence-electron chi connectivity index (χ4n) is 1.50. The Hall–Kier alpha value is -2.18. The zero-order chi connectivity index (χ0) is 14.7. The minimum Gasteiger partial charge on any atom is -0.506 e. The Morgan fingerprint density at radius 2 is 2.15 bits per heavy atom. The van der Waals surface area contributed by atoms with E-state index in [1.165, 1.54) is 36.4 Å². The normalized spacial score (nSPS) is 10.8. The van der Waals surface area contributed by atoms with Gasteiger partial charge in [0.2, 0.25) is 0 Å². The minimum absolute atomic E-state index is 0.0882. The number of rotatable bonds is 4. The van der Waals surface area contributed by atoms with Crippen molar-refractivity contribution >= 4 is 40.5 Å². The van der Waals surface area contributed by atoms with Gasteiger partial charge >= 0.3 is 0 Å². The van der Waals surface area contributed by atoms with Crippen LogP contribution in [-0.4, -0.2) is 15.8 Å². The quantitative estimate of drug-likeness (QED) is 0.402. The van der Waals surface area contributed by atoms with Crippen LogP contribution in [0.25, 0.3) is 6.08 Å². The van der Waals surface area contributed by atoms with E-state index in [1.807, 2.05) is 0 Å². The molecule has 0 atom stereocenters. The first-order valence-electron chi connectivity index (χ1n) is 5.42. The highest BCUT2D eigenvalue weighted by atomic mass is 35.5. The number of carbonyl (C=O) groups is 1. The number of ketones is 1. The average Bonchev–Trinajstić information content (AvgIpc) is 2.83. The summed E-state index contributed by atoms with van der Waals surface area (Å²) in [6.45, 7) is 0. The maximum absolute atomic E-state index is 11.8. The van der Waals surface area contributed by atoms with E-state index in [4.69, 9.17) is 11.6 Å². The molecule has 1 aromatic carbocycles. The Balaban J connectivity index is 2.28. The summed E-state index contributed by atoms with van der Waals surface area (Å²) < 4.78 is 0. The first-order chi connectivity index (χ1) is 9.49. The van der Waals surface area contributed by atoms with Gasteiger partial charge in [-0.05, 0) is 35.2 Å². The number of nitro benzene ring substituents is 1. The van der Waals surface area contributed by atoms with E-state index in [9.17, 15) is 20.0 Å². The second kappa shape index (κ2) is 5.85. The molecule has 0 radical (unpaired) electrons. The number of benzene rings is 1. The Morgan fingerprint density at radius 3 is 2.75 bits per heavy atom. The summed E-state index contributed by atoms with van der Waals surface area (Å²) in [7, 11) is 0. The molecule has 1 N–H and O–H groups in total. The molecule has 0 aliphatic heterocycles. The van der Waals surface area contributed by atoms with Crippen LogP contribution in [0.1, 0.15) is 15.2 Å². The van der Waals surface area contributed by atoms with E-state index < -0.39 is 4.92 Å². The molecule has 0 spiro atoms. The monoisotopic (exact) mass is 309 g/mol. The molecule has 0 saturated carbocycles. The molecule has 0 aliphatic carbocycles. The molecule has 1 heterocycles. The number of hydrogen-bond acceptors (Lipinski definition) is 5. The van der Waals surface area contributed by atoms with Gasteiger partial charge in [0.25, 0.3) is 5.69 Å². The molecule has 1 aromatic heterocycles. The van der Waals surface area contributed by atoms with Gasteiger partial charge in [-0.1, -0.05) is 11.6 Å². The van der Waals surface area contributed by atoms with E-state index in [0.717, 1.165) is 11.3 Å². The Labute approximate surface area is 122 Å². The number of non-ortho nitro benzene ring substituents is 1. The van der Waals surface area contributed by atoms with Crippen LogP contribution < -0.4 is 0 Å². The van der Waals surface area contributed by atoms with Gasteiger partial charge in [0.1, 0.15) is 10.6 Å². The Kier molecular flexibility index (Phi) is 4.16. The zero-order valence-electron chi connectivity index (χ0n) is 9.95. The van der Waals surface area contributed by atoms with Crippen molar-refractivity contribution in [3.05, 3.63) is 61.3 Å². The van der Waals surface area contributed by atoms with E-state index in [-0.39, 0.29) is 22.1 Å². The highest BCUT2D eigenvalue weighted by Gasteiger charge is 2.11. The van der Waals surface area contributed by atoms with Crippen LogP contribution in [0.5, 0.6) is 5.75 Å². The fraction of sp³-hybridized carbons (Fsp3) is 0. The predicted molar refractivity (Wildman–Crippen MR) is 77.5 cm³/mol. The number of halogens is 1. The number of thiophene rings is 1. The second-order valence-corrected chi connectivity index (χ2v) is 5.12. The van der Waals surface area contributed by atoms with Gasteiger partial charge in [0.15, 0.2) is 5.78 Å². The highest BCUT2D eigenvalue weighted by molar-refractivity contribution is 7.12. The Bertz CT molecular complexity index is 708. The summed E-state index contributed by atoms with van der Waals surface area (Å²) in [5.74, 6) is -0.477. The average molecular weight is 310 g/mol. The number of hydrogen-bond donors (Lipinski definition) is 1. The molecular formula is C13H8ClNO4S. The summed E-state index contributed by atoms with van der Waals surface area (Å²) in [5, 5.41) is 22.0. The second-order valence-electron chi connectivity index (χ2n) is 3.80. The number of aromatic hydroxyl groups is 1. The molecule has 102 valence electrons. The van der Waals surface area contributed by atoms with Crippen LogP contribution in [0.2, 0.25) is 5.02 Å². The number of nitro groups is 1. The lowest BCUT2D eigenvalue weighted by Gasteiger charge is -1.98. The van der Waals surface area contributed by atoms with Gasteiger partial charge in [-0.25, -0.2) is 0 Å². The molecule has 0 saturated heterocycles. The van der Waals surface area contributed by atoms with Crippen molar-refractivity contribution in [2.75, 3.05) is 0 Å². The standard InChI is InChI=1S/C13H8ClNO4S/c14-10-3-2-9(15(18)19)7-8(10)1-4-11(16)13-12(17)5-6-20-13/h1-7,17H. The third-order valence-corrected chi connectivity index (χ3v) is 3.74. The largest absolute Gasteiger partial charge is 0.506 e. The maximum atomic E-state index is 11.8. The van der Waals surface area contributed by atoms with E-state index in [0.29, 0.717) is 10.6 Å². The fourth-order valence-corrected chi connectivity index (χ4v) is 2.39. The van der Waals surface area contributed by atoms with Crippen LogP contribution in [0.3, 0.4) is 0 Å². The summed E-state index contributed by atoms with van der Waals surface area (Å²) >= 11 is 7.02. The first-order valence-corrected chi connectivity index (χ1v) is 6.67. The van der Waals surface area contributed by atoms with Crippen LogP contribution in [0, 0.1) is 10.1 Å². The van der Waals surface area contributed by atoms with Crippen molar-refractivity contribution in [1.29, 1.82) is 0 Å². The molecule has 20 heavy (non-hydrogen) atoms. The zero-order valence-corrected chi connectivity index (χ0v) is 11.5. The van der Waals surface area contributed by atoms with Crippen LogP contribution in [0.15, 0.2) is 35.7 Å². The molecule has 0 fully saturated rings. The highest BCUT2D eigenvalue weighted by Crippen LogP contribution is 2.26. The summed E-state index contributed by atoms with van der Waals surface area (Å²) in [6.07, 6.45) is 2.60. The first kappa shape index (κ1) is 14.2. The molecule has 0 amide bonds. The van der Waals surface area contributed by atoms with Gasteiger partial charge in [0.05, 0.1) is 4.92 Å². The number of carbonyl (C=O) groups excluding carboxylic acids is 1. The third kappa shape index (κ3) is 3.04.